The molecule has 2 rings (SSSR count). The van der Waals surface area contributed by atoms with Gasteiger partial charge in [-0.05, 0) is 62.6 Å². The second-order valence-corrected chi connectivity index (χ2v) is 10.4. The highest BCUT2D eigenvalue weighted by molar-refractivity contribution is 5.86. The van der Waals surface area contributed by atoms with E-state index < -0.39 is 23.2 Å². The minimum Gasteiger partial charge on any atom is -0.444 e. The van der Waals surface area contributed by atoms with Crippen LogP contribution in [0.15, 0.2) is 24.3 Å². The van der Waals surface area contributed by atoms with Crippen LogP contribution in [0.25, 0.3) is 0 Å². The van der Waals surface area contributed by atoms with Crippen LogP contribution < -0.4 is 15.5 Å². The molecule has 174 valence electrons. The lowest BCUT2D eigenvalue weighted by atomic mass is 9.86. The zero-order valence-corrected chi connectivity index (χ0v) is 19.8. The summed E-state index contributed by atoms with van der Waals surface area (Å²) in [6, 6.07) is 7.46. The van der Waals surface area contributed by atoms with Gasteiger partial charge in [0.25, 0.3) is 0 Å². The van der Waals surface area contributed by atoms with E-state index in [1.54, 1.807) is 20.8 Å². The van der Waals surface area contributed by atoms with Crippen molar-refractivity contribution in [2.45, 2.75) is 72.6 Å². The third-order valence-electron chi connectivity index (χ3n) is 5.43. The lowest BCUT2D eigenvalue weighted by molar-refractivity contribution is -0.125. The number of aliphatic hydroxyl groups excluding tert-OH is 1. The van der Waals surface area contributed by atoms with Crippen LogP contribution in [-0.4, -0.2) is 48.4 Å². The minimum absolute atomic E-state index is 0.242. The molecular weight excluding hydrogens is 394 g/mol. The van der Waals surface area contributed by atoms with E-state index >= 15 is 0 Å². The third-order valence-corrected chi connectivity index (χ3v) is 5.43. The van der Waals surface area contributed by atoms with Gasteiger partial charge in [0.15, 0.2) is 0 Å². The summed E-state index contributed by atoms with van der Waals surface area (Å²) in [6.45, 7) is 13.6. The van der Waals surface area contributed by atoms with Gasteiger partial charge in [0.1, 0.15) is 11.6 Å². The van der Waals surface area contributed by atoms with Crippen LogP contribution in [0, 0.1) is 11.3 Å². The molecule has 0 aromatic heterocycles. The molecule has 1 aliphatic heterocycles. The van der Waals surface area contributed by atoms with Gasteiger partial charge < -0.3 is 25.4 Å². The van der Waals surface area contributed by atoms with Crippen LogP contribution >= 0.6 is 0 Å². The number of alkyl carbamates (subject to hydrolysis) is 1. The summed E-state index contributed by atoms with van der Waals surface area (Å²) in [6.07, 6.45) is 1.41. The number of carbonyl (C=O) groups is 2. The molecule has 0 spiro atoms. The Balaban J connectivity index is 1.92. The highest BCUT2D eigenvalue weighted by atomic mass is 16.6. The summed E-state index contributed by atoms with van der Waals surface area (Å²) >= 11 is 0. The summed E-state index contributed by atoms with van der Waals surface area (Å²) in [4.78, 5) is 27.3. The molecule has 0 saturated carbocycles. The van der Waals surface area contributed by atoms with Crippen LogP contribution in [0.5, 0.6) is 0 Å². The van der Waals surface area contributed by atoms with Crippen LogP contribution in [0.2, 0.25) is 0 Å². The molecule has 0 radical (unpaired) electrons. The van der Waals surface area contributed by atoms with E-state index in [-0.39, 0.29) is 12.5 Å². The zero-order valence-electron chi connectivity index (χ0n) is 19.8. The highest BCUT2D eigenvalue weighted by Gasteiger charge is 2.34. The Morgan fingerprint density at radius 3 is 2.16 bits per heavy atom. The fourth-order valence-electron chi connectivity index (χ4n) is 3.59. The largest absolute Gasteiger partial charge is 0.444 e. The zero-order chi connectivity index (χ0) is 23.2. The fourth-order valence-corrected chi connectivity index (χ4v) is 3.59. The number of hydrogen-bond acceptors (Lipinski definition) is 5. The van der Waals surface area contributed by atoms with Crippen molar-refractivity contribution in [1.29, 1.82) is 0 Å². The monoisotopic (exact) mass is 433 g/mol. The van der Waals surface area contributed by atoms with E-state index in [0.29, 0.717) is 12.5 Å². The van der Waals surface area contributed by atoms with Crippen molar-refractivity contribution < 1.29 is 19.4 Å². The number of rotatable bonds is 6. The Morgan fingerprint density at radius 2 is 1.68 bits per heavy atom. The van der Waals surface area contributed by atoms with Gasteiger partial charge in [0.05, 0.1) is 0 Å². The van der Waals surface area contributed by atoms with Gasteiger partial charge >= 0.3 is 6.09 Å². The molecule has 7 heteroatoms. The minimum atomic E-state index is -0.713. The first-order chi connectivity index (χ1) is 14.4. The first-order valence-electron chi connectivity index (χ1n) is 11.1. The Hall–Kier alpha value is -2.28. The topological polar surface area (TPSA) is 90.9 Å². The summed E-state index contributed by atoms with van der Waals surface area (Å²) in [5, 5.41) is 14.9. The number of nitrogens with one attached hydrogen (secondary N) is 2. The number of aliphatic hydroxyl groups is 1. The van der Waals surface area contributed by atoms with Gasteiger partial charge in [-0.25, -0.2) is 4.79 Å². The predicted octanol–water partition coefficient (Wildman–Crippen LogP) is 3.45. The van der Waals surface area contributed by atoms with Gasteiger partial charge in [-0.1, -0.05) is 32.9 Å². The van der Waals surface area contributed by atoms with Crippen molar-refractivity contribution in [3.8, 4) is 0 Å². The molecule has 1 aliphatic rings. The first kappa shape index (κ1) is 25.0. The number of carbonyl (C=O) groups excluding carboxylic acids is 2. The van der Waals surface area contributed by atoms with E-state index in [1.165, 1.54) is 0 Å². The predicted molar refractivity (Wildman–Crippen MR) is 123 cm³/mol. The van der Waals surface area contributed by atoms with Crippen LogP contribution in [0.3, 0.4) is 0 Å². The Bertz CT molecular complexity index is 727. The average molecular weight is 434 g/mol. The normalized spacial score (nSPS) is 16.5. The quantitative estimate of drug-likeness (QED) is 0.639. The smallest absolute Gasteiger partial charge is 0.408 e. The van der Waals surface area contributed by atoms with Gasteiger partial charge in [0, 0.05) is 31.9 Å². The molecule has 0 unspecified atom stereocenters. The number of ether oxygens (including phenoxy) is 1. The highest BCUT2D eigenvalue weighted by Crippen LogP contribution is 2.24. The maximum absolute atomic E-state index is 12.8. The van der Waals surface area contributed by atoms with E-state index in [1.807, 2.05) is 32.9 Å². The molecule has 1 fully saturated rings. The number of amides is 2. The Kier molecular flexibility index (Phi) is 8.34. The molecule has 3 N–H and O–H groups in total. The second kappa shape index (κ2) is 10.4. The molecule has 1 aromatic carbocycles. The van der Waals surface area contributed by atoms with E-state index in [2.05, 4.69) is 27.7 Å². The van der Waals surface area contributed by atoms with Gasteiger partial charge in [0.2, 0.25) is 5.91 Å². The van der Waals surface area contributed by atoms with Crippen molar-refractivity contribution in [2.75, 3.05) is 24.6 Å². The van der Waals surface area contributed by atoms with Crippen molar-refractivity contribution in [3.63, 3.8) is 0 Å². The summed E-state index contributed by atoms with van der Waals surface area (Å²) in [5.74, 6) is 0.171. The number of benzene rings is 1. The molecule has 2 amide bonds. The molecule has 1 saturated heterocycles. The number of nitrogens with zero attached hydrogens (tertiary/aromatic N) is 1. The summed E-state index contributed by atoms with van der Waals surface area (Å²) in [5.41, 5.74) is 1.06. The lowest BCUT2D eigenvalue weighted by Gasteiger charge is -2.33. The maximum Gasteiger partial charge on any atom is 0.408 e. The Labute approximate surface area is 186 Å². The summed E-state index contributed by atoms with van der Waals surface area (Å²) < 4.78 is 5.31. The van der Waals surface area contributed by atoms with Crippen molar-refractivity contribution in [3.05, 3.63) is 29.8 Å². The van der Waals surface area contributed by atoms with Crippen molar-refractivity contribution >= 4 is 17.7 Å². The number of hydrogen-bond donors (Lipinski definition) is 3. The lowest BCUT2D eigenvalue weighted by Crippen LogP contribution is -2.54. The van der Waals surface area contributed by atoms with Crippen LogP contribution in [0.1, 0.15) is 59.9 Å². The molecule has 7 nitrogen and oxygen atoms in total. The number of piperidine rings is 1. The molecular formula is C24H39N3O4. The SMILES string of the molecule is CC(C)(C)OC(=O)N[C@@H](C(=O)NCc1ccc(N2CCC(CO)CC2)cc1)C(C)(C)C. The second-order valence-electron chi connectivity index (χ2n) is 10.4. The standard InChI is InChI=1S/C24H39N3O4/c1-23(2,3)20(26-22(30)31-24(4,5)6)21(29)25-15-17-7-9-19(10-8-17)27-13-11-18(16-28)12-14-27/h7-10,18,20,28H,11-16H2,1-6H3,(H,25,29)(H,26,30)/t20-/m0/s1. The number of anilines is 1. The van der Waals surface area contributed by atoms with Crippen LogP contribution in [0.4, 0.5) is 10.5 Å². The van der Waals surface area contributed by atoms with Crippen molar-refractivity contribution in [2.24, 2.45) is 11.3 Å². The van der Waals surface area contributed by atoms with E-state index in [0.717, 1.165) is 37.2 Å². The Morgan fingerprint density at radius 1 is 1.10 bits per heavy atom. The van der Waals surface area contributed by atoms with Gasteiger partial charge in [-0.2, -0.15) is 0 Å². The van der Waals surface area contributed by atoms with Gasteiger partial charge in [-0.3, -0.25) is 4.79 Å². The molecule has 1 heterocycles. The van der Waals surface area contributed by atoms with Crippen molar-refractivity contribution in [1.82, 2.24) is 10.6 Å². The van der Waals surface area contributed by atoms with E-state index in [4.69, 9.17) is 4.74 Å². The van der Waals surface area contributed by atoms with Gasteiger partial charge in [-0.15, -0.1) is 0 Å². The molecule has 0 aliphatic carbocycles. The molecule has 31 heavy (non-hydrogen) atoms. The first-order valence-corrected chi connectivity index (χ1v) is 11.1. The summed E-state index contributed by atoms with van der Waals surface area (Å²) in [7, 11) is 0. The van der Waals surface area contributed by atoms with Crippen LogP contribution in [-0.2, 0) is 16.1 Å². The molecule has 1 aromatic rings. The third kappa shape index (κ3) is 8.05. The molecule has 0 bridgehead atoms. The fraction of sp³-hybridized carbons (Fsp3) is 0.667. The maximum atomic E-state index is 12.8. The molecule has 1 atom stereocenters. The van der Waals surface area contributed by atoms with E-state index in [9.17, 15) is 14.7 Å². The average Bonchev–Trinajstić information content (AvgIpc) is 2.68.